The van der Waals surface area contributed by atoms with Crippen molar-refractivity contribution in [3.63, 3.8) is 0 Å². The number of hydrazone groups is 1. The van der Waals surface area contributed by atoms with Gasteiger partial charge in [0.05, 0.1) is 11.1 Å². The Labute approximate surface area is 117 Å². The zero-order valence-electron chi connectivity index (χ0n) is 9.80. The predicted octanol–water partition coefficient (Wildman–Crippen LogP) is 1.82. The Morgan fingerprint density at radius 2 is 1.68 bits per heavy atom. The normalized spacial score (nSPS) is 10.9. The SMILES string of the molecule is Cl.O=S(=O)(N/N=C/c1ccncc1)c1ccccc1. The lowest BCUT2D eigenvalue weighted by molar-refractivity contribution is 0.584. The number of benzene rings is 1. The van der Waals surface area contributed by atoms with Gasteiger partial charge in [-0.05, 0) is 29.8 Å². The number of hydrogen-bond donors (Lipinski definition) is 1. The quantitative estimate of drug-likeness (QED) is 0.691. The maximum atomic E-state index is 11.8. The zero-order chi connectivity index (χ0) is 12.8. The number of nitrogens with zero attached hydrogens (tertiary/aromatic N) is 2. The van der Waals surface area contributed by atoms with Gasteiger partial charge in [-0.25, -0.2) is 4.83 Å². The molecule has 1 aromatic carbocycles. The van der Waals surface area contributed by atoms with Crippen molar-refractivity contribution in [1.29, 1.82) is 0 Å². The summed E-state index contributed by atoms with van der Waals surface area (Å²) in [5.41, 5.74) is 0.765. The van der Waals surface area contributed by atoms with Gasteiger partial charge in [-0.3, -0.25) is 4.98 Å². The standard InChI is InChI=1S/C12H11N3O2S.ClH/c16-18(17,12-4-2-1-3-5-12)15-14-10-11-6-8-13-9-7-11;/h1-10,15H;1H/b14-10+;. The van der Waals surface area contributed by atoms with Crippen molar-refractivity contribution in [2.24, 2.45) is 5.10 Å². The molecule has 7 heteroatoms. The molecule has 0 atom stereocenters. The smallest absolute Gasteiger partial charge is 0.265 e. The predicted molar refractivity (Wildman–Crippen MR) is 75.8 cm³/mol. The van der Waals surface area contributed by atoms with Crippen molar-refractivity contribution < 1.29 is 8.42 Å². The largest absolute Gasteiger partial charge is 0.276 e. The van der Waals surface area contributed by atoms with Crippen LogP contribution in [0, 0.1) is 0 Å². The van der Waals surface area contributed by atoms with E-state index in [0.29, 0.717) is 0 Å². The Bertz CT molecular complexity index is 631. The molecule has 0 saturated carbocycles. The lowest BCUT2D eigenvalue weighted by atomic mass is 10.3. The Morgan fingerprint density at radius 3 is 2.32 bits per heavy atom. The maximum Gasteiger partial charge on any atom is 0.276 e. The van der Waals surface area contributed by atoms with E-state index in [0.717, 1.165) is 5.56 Å². The highest BCUT2D eigenvalue weighted by Gasteiger charge is 2.10. The Morgan fingerprint density at radius 1 is 1.05 bits per heavy atom. The van der Waals surface area contributed by atoms with E-state index in [9.17, 15) is 8.42 Å². The molecule has 1 heterocycles. The van der Waals surface area contributed by atoms with Crippen molar-refractivity contribution in [2.75, 3.05) is 0 Å². The lowest BCUT2D eigenvalue weighted by Gasteiger charge is -2.02. The molecule has 0 bridgehead atoms. The summed E-state index contributed by atoms with van der Waals surface area (Å²) in [5.74, 6) is 0. The molecule has 2 rings (SSSR count). The van der Waals surface area contributed by atoms with Crippen LogP contribution in [-0.2, 0) is 10.0 Å². The summed E-state index contributed by atoms with van der Waals surface area (Å²) >= 11 is 0. The first kappa shape index (κ1) is 15.1. The van der Waals surface area contributed by atoms with Crippen molar-refractivity contribution in [3.05, 3.63) is 60.4 Å². The first-order valence-corrected chi connectivity index (χ1v) is 6.67. The van der Waals surface area contributed by atoms with Crippen LogP contribution in [0.4, 0.5) is 0 Å². The average molecular weight is 298 g/mol. The summed E-state index contributed by atoms with van der Waals surface area (Å²) in [5, 5.41) is 3.70. The molecule has 1 N–H and O–H groups in total. The number of nitrogens with one attached hydrogen (secondary N) is 1. The van der Waals surface area contributed by atoms with Crippen LogP contribution < -0.4 is 4.83 Å². The van der Waals surface area contributed by atoms with Crippen molar-refractivity contribution in [1.82, 2.24) is 9.82 Å². The van der Waals surface area contributed by atoms with E-state index in [1.807, 2.05) is 0 Å². The number of hydrogen-bond acceptors (Lipinski definition) is 4. The van der Waals surface area contributed by atoms with Gasteiger partial charge in [-0.15, -0.1) is 12.4 Å². The number of aromatic nitrogens is 1. The summed E-state index contributed by atoms with van der Waals surface area (Å²) in [6, 6.07) is 11.5. The van der Waals surface area contributed by atoms with Crippen molar-refractivity contribution in [3.8, 4) is 0 Å². The lowest BCUT2D eigenvalue weighted by Crippen LogP contribution is -2.18. The number of pyridine rings is 1. The Kier molecular flexibility index (Phi) is 5.47. The third kappa shape index (κ3) is 4.35. The number of rotatable bonds is 4. The summed E-state index contributed by atoms with van der Waals surface area (Å²) in [4.78, 5) is 6.17. The minimum absolute atomic E-state index is 0. The van der Waals surface area contributed by atoms with Gasteiger partial charge in [0.25, 0.3) is 10.0 Å². The Hall–Kier alpha value is -1.92. The first-order chi connectivity index (χ1) is 8.68. The van der Waals surface area contributed by atoms with Gasteiger partial charge in [0.15, 0.2) is 0 Å². The Balaban J connectivity index is 0.00000180. The average Bonchev–Trinajstić information content (AvgIpc) is 2.41. The van der Waals surface area contributed by atoms with E-state index < -0.39 is 10.0 Å². The number of halogens is 1. The van der Waals surface area contributed by atoms with Crippen LogP contribution in [0.2, 0.25) is 0 Å². The molecule has 0 amide bonds. The molecular weight excluding hydrogens is 286 g/mol. The summed E-state index contributed by atoms with van der Waals surface area (Å²) in [6.07, 6.45) is 4.63. The third-order valence-corrected chi connectivity index (χ3v) is 3.38. The second-order valence-corrected chi connectivity index (χ2v) is 5.11. The minimum Gasteiger partial charge on any atom is -0.265 e. The van der Waals surface area contributed by atoms with Gasteiger partial charge in [-0.2, -0.15) is 13.5 Å². The summed E-state index contributed by atoms with van der Waals surface area (Å²) in [6.45, 7) is 0. The molecule has 5 nitrogen and oxygen atoms in total. The second-order valence-electron chi connectivity index (χ2n) is 3.45. The van der Waals surface area contributed by atoms with Crippen LogP contribution in [0.5, 0.6) is 0 Å². The molecule has 0 aliphatic rings. The van der Waals surface area contributed by atoms with Gasteiger partial charge < -0.3 is 0 Å². The molecule has 0 aliphatic heterocycles. The van der Waals surface area contributed by atoms with Gasteiger partial charge in [0.2, 0.25) is 0 Å². The first-order valence-electron chi connectivity index (χ1n) is 5.18. The fraction of sp³-hybridized carbons (Fsp3) is 0. The summed E-state index contributed by atoms with van der Waals surface area (Å²) in [7, 11) is -3.59. The van der Waals surface area contributed by atoms with Gasteiger partial charge in [0, 0.05) is 12.4 Å². The van der Waals surface area contributed by atoms with Crippen LogP contribution in [0.25, 0.3) is 0 Å². The molecule has 0 fully saturated rings. The van der Waals surface area contributed by atoms with Gasteiger partial charge in [-0.1, -0.05) is 18.2 Å². The fourth-order valence-corrected chi connectivity index (χ4v) is 2.08. The minimum atomic E-state index is -3.59. The molecule has 19 heavy (non-hydrogen) atoms. The summed E-state index contributed by atoms with van der Waals surface area (Å²) < 4.78 is 23.6. The molecular formula is C12H12ClN3O2S. The van der Waals surface area contributed by atoms with Crippen LogP contribution in [0.3, 0.4) is 0 Å². The van der Waals surface area contributed by atoms with Crippen LogP contribution in [-0.4, -0.2) is 19.6 Å². The van der Waals surface area contributed by atoms with E-state index in [-0.39, 0.29) is 17.3 Å². The van der Waals surface area contributed by atoms with E-state index in [2.05, 4.69) is 14.9 Å². The van der Waals surface area contributed by atoms with E-state index >= 15 is 0 Å². The fourth-order valence-electron chi connectivity index (χ4n) is 1.27. The highest BCUT2D eigenvalue weighted by Crippen LogP contribution is 2.06. The monoisotopic (exact) mass is 297 g/mol. The maximum absolute atomic E-state index is 11.8. The number of sulfonamides is 1. The third-order valence-electron chi connectivity index (χ3n) is 2.15. The van der Waals surface area contributed by atoms with Crippen LogP contribution in [0.15, 0.2) is 64.9 Å². The highest BCUT2D eigenvalue weighted by molar-refractivity contribution is 7.89. The molecule has 0 saturated heterocycles. The highest BCUT2D eigenvalue weighted by atomic mass is 35.5. The van der Waals surface area contributed by atoms with Gasteiger partial charge >= 0.3 is 0 Å². The topological polar surface area (TPSA) is 71.4 Å². The van der Waals surface area contributed by atoms with E-state index in [4.69, 9.17) is 0 Å². The van der Waals surface area contributed by atoms with Crippen molar-refractivity contribution >= 4 is 28.6 Å². The molecule has 0 unspecified atom stereocenters. The zero-order valence-corrected chi connectivity index (χ0v) is 11.4. The van der Waals surface area contributed by atoms with E-state index in [1.165, 1.54) is 18.3 Å². The van der Waals surface area contributed by atoms with E-state index in [1.54, 1.807) is 42.7 Å². The molecule has 0 radical (unpaired) electrons. The molecule has 0 aliphatic carbocycles. The molecule has 100 valence electrons. The van der Waals surface area contributed by atoms with Crippen LogP contribution >= 0.6 is 12.4 Å². The van der Waals surface area contributed by atoms with Crippen molar-refractivity contribution in [2.45, 2.75) is 4.90 Å². The van der Waals surface area contributed by atoms with Gasteiger partial charge in [0.1, 0.15) is 0 Å². The second kappa shape index (κ2) is 6.86. The van der Waals surface area contributed by atoms with Crippen LogP contribution in [0.1, 0.15) is 5.56 Å². The molecule has 2 aromatic rings. The molecule has 0 spiro atoms. The molecule has 1 aromatic heterocycles.